The monoisotopic (exact) mass is 469 g/mol. The van der Waals surface area contributed by atoms with Crippen LogP contribution in [-0.4, -0.2) is 34.4 Å². The topological polar surface area (TPSA) is 95.6 Å². The maximum Gasteiger partial charge on any atom is 0.294 e. The number of anilines is 2. The van der Waals surface area contributed by atoms with Gasteiger partial charge in [0, 0.05) is 16.3 Å². The molecule has 1 aliphatic heterocycles. The van der Waals surface area contributed by atoms with Crippen LogP contribution >= 0.6 is 34.4 Å². The van der Waals surface area contributed by atoms with E-state index in [1.54, 1.807) is 42.5 Å². The Balaban J connectivity index is 1.34. The molecular formula is C21H15N3O4S3. The fourth-order valence-electron chi connectivity index (χ4n) is 2.72. The van der Waals surface area contributed by atoms with E-state index in [0.717, 1.165) is 21.5 Å². The van der Waals surface area contributed by atoms with Crippen molar-refractivity contribution < 1.29 is 19.2 Å². The zero-order valence-corrected chi connectivity index (χ0v) is 18.3. The van der Waals surface area contributed by atoms with Crippen molar-refractivity contribution in [1.29, 1.82) is 0 Å². The summed E-state index contributed by atoms with van der Waals surface area (Å²) in [6.07, 6.45) is 1.65. The fraction of sp³-hybridized carbons (Fsp3) is 0.0476. The van der Waals surface area contributed by atoms with E-state index < -0.39 is 17.1 Å². The third-order valence-electron chi connectivity index (χ3n) is 4.16. The Bertz CT molecular complexity index is 1150. The predicted molar refractivity (Wildman–Crippen MR) is 124 cm³/mol. The van der Waals surface area contributed by atoms with Crippen LogP contribution in [0.3, 0.4) is 0 Å². The minimum absolute atomic E-state index is 0.207. The first-order valence-corrected chi connectivity index (χ1v) is 11.6. The number of thiophene rings is 2. The van der Waals surface area contributed by atoms with Gasteiger partial charge in [-0.2, -0.15) is 0 Å². The molecule has 1 fully saturated rings. The molecule has 3 heterocycles. The number of carbonyl (C=O) groups excluding carboxylic acids is 4. The minimum Gasteiger partial charge on any atom is -0.325 e. The Hall–Kier alpha value is -3.21. The van der Waals surface area contributed by atoms with Gasteiger partial charge in [-0.15, -0.1) is 22.7 Å². The molecular weight excluding hydrogens is 454 g/mol. The molecule has 3 aromatic rings. The summed E-state index contributed by atoms with van der Waals surface area (Å²) in [5, 5.41) is 8.65. The minimum atomic E-state index is -0.491. The summed E-state index contributed by atoms with van der Waals surface area (Å²) in [6, 6.07) is 13.8. The van der Waals surface area contributed by atoms with Gasteiger partial charge in [0.1, 0.15) is 6.54 Å². The second-order valence-corrected chi connectivity index (χ2v) is 9.26. The largest absolute Gasteiger partial charge is 0.325 e. The highest BCUT2D eigenvalue weighted by atomic mass is 32.2. The van der Waals surface area contributed by atoms with Crippen molar-refractivity contribution in [2.75, 3.05) is 17.2 Å². The third kappa shape index (κ3) is 5.10. The van der Waals surface area contributed by atoms with Crippen LogP contribution in [0.4, 0.5) is 16.2 Å². The van der Waals surface area contributed by atoms with E-state index in [4.69, 9.17) is 0 Å². The molecule has 156 valence electrons. The van der Waals surface area contributed by atoms with Crippen LogP contribution in [0.2, 0.25) is 0 Å². The number of benzene rings is 1. The van der Waals surface area contributed by atoms with Gasteiger partial charge >= 0.3 is 0 Å². The lowest BCUT2D eigenvalue weighted by Gasteiger charge is -2.12. The zero-order chi connectivity index (χ0) is 21.8. The standard InChI is InChI=1S/C21H15N3O4S3/c25-18(12-24-20(27)17(31-21(24)28)11-15-3-1-9-29-15)22-13-5-7-14(8-6-13)23-19(26)16-4-2-10-30-16/h1-11H,12H2,(H,22,25)(H,23,26)/b17-11+. The van der Waals surface area contributed by atoms with E-state index >= 15 is 0 Å². The molecule has 10 heteroatoms. The van der Waals surface area contributed by atoms with Crippen LogP contribution < -0.4 is 10.6 Å². The van der Waals surface area contributed by atoms with Crippen molar-refractivity contribution in [3.05, 3.63) is 74.0 Å². The van der Waals surface area contributed by atoms with Gasteiger partial charge in [0.2, 0.25) is 5.91 Å². The lowest BCUT2D eigenvalue weighted by molar-refractivity contribution is -0.127. The second-order valence-electron chi connectivity index (χ2n) is 6.34. The SMILES string of the molecule is O=C(CN1C(=O)S/C(=C/c2cccs2)C1=O)Nc1ccc(NC(=O)c2cccs2)cc1. The Kier molecular flexibility index (Phi) is 6.31. The van der Waals surface area contributed by atoms with Gasteiger partial charge in [-0.25, -0.2) is 0 Å². The third-order valence-corrected chi connectivity index (χ3v) is 6.76. The molecule has 2 N–H and O–H groups in total. The number of rotatable bonds is 6. The maximum absolute atomic E-state index is 12.5. The Labute approximate surface area is 189 Å². The molecule has 2 aromatic heterocycles. The maximum atomic E-state index is 12.5. The molecule has 0 saturated carbocycles. The summed E-state index contributed by atoms with van der Waals surface area (Å²) in [4.78, 5) is 51.8. The molecule has 0 bridgehead atoms. The molecule has 0 radical (unpaired) electrons. The highest BCUT2D eigenvalue weighted by Crippen LogP contribution is 2.32. The van der Waals surface area contributed by atoms with Crippen LogP contribution in [0.1, 0.15) is 14.5 Å². The molecule has 0 unspecified atom stereocenters. The molecule has 1 aliphatic rings. The van der Waals surface area contributed by atoms with Gasteiger partial charge in [0.25, 0.3) is 17.1 Å². The van der Waals surface area contributed by atoms with Crippen LogP contribution in [0, 0.1) is 0 Å². The highest BCUT2D eigenvalue weighted by molar-refractivity contribution is 8.18. The van der Waals surface area contributed by atoms with E-state index in [2.05, 4.69) is 10.6 Å². The molecule has 1 saturated heterocycles. The summed E-state index contributed by atoms with van der Waals surface area (Å²) in [5.74, 6) is -1.18. The average Bonchev–Trinajstić information content (AvgIpc) is 3.50. The highest BCUT2D eigenvalue weighted by Gasteiger charge is 2.36. The number of hydrogen-bond acceptors (Lipinski definition) is 7. The first kappa shape index (κ1) is 21.0. The Morgan fingerprint density at radius 3 is 2.23 bits per heavy atom. The van der Waals surface area contributed by atoms with E-state index in [1.165, 1.54) is 22.7 Å². The lowest BCUT2D eigenvalue weighted by Crippen LogP contribution is -2.36. The van der Waals surface area contributed by atoms with E-state index in [1.807, 2.05) is 22.9 Å². The van der Waals surface area contributed by atoms with E-state index in [9.17, 15) is 19.2 Å². The molecule has 4 rings (SSSR count). The van der Waals surface area contributed by atoms with Crippen molar-refractivity contribution >= 4 is 74.8 Å². The van der Waals surface area contributed by atoms with Crippen LogP contribution in [-0.2, 0) is 9.59 Å². The van der Waals surface area contributed by atoms with Crippen LogP contribution in [0.15, 0.2) is 64.2 Å². The summed E-state index contributed by atoms with van der Waals surface area (Å²) < 4.78 is 0. The number of carbonyl (C=O) groups is 4. The quantitative estimate of drug-likeness (QED) is 0.509. The van der Waals surface area contributed by atoms with Gasteiger partial charge in [-0.1, -0.05) is 12.1 Å². The van der Waals surface area contributed by atoms with E-state index in [-0.39, 0.29) is 12.5 Å². The lowest BCUT2D eigenvalue weighted by atomic mass is 10.2. The first-order chi connectivity index (χ1) is 15.0. The number of nitrogens with zero attached hydrogens (tertiary/aromatic N) is 1. The van der Waals surface area contributed by atoms with Crippen molar-refractivity contribution in [3.63, 3.8) is 0 Å². The van der Waals surface area contributed by atoms with Crippen LogP contribution in [0.5, 0.6) is 0 Å². The van der Waals surface area contributed by atoms with Crippen molar-refractivity contribution in [2.45, 2.75) is 0 Å². The number of imide groups is 1. The molecule has 0 aliphatic carbocycles. The Morgan fingerprint density at radius 2 is 1.58 bits per heavy atom. The number of hydrogen-bond donors (Lipinski definition) is 2. The summed E-state index contributed by atoms with van der Waals surface area (Å²) in [6.45, 7) is -0.372. The van der Waals surface area contributed by atoms with Gasteiger partial charge in [-0.3, -0.25) is 24.1 Å². The van der Waals surface area contributed by atoms with E-state index in [0.29, 0.717) is 21.2 Å². The average molecular weight is 470 g/mol. The molecule has 0 spiro atoms. The summed E-state index contributed by atoms with van der Waals surface area (Å²) >= 11 is 3.62. The van der Waals surface area contributed by atoms with Gasteiger partial charge in [0.15, 0.2) is 0 Å². The van der Waals surface area contributed by atoms with Crippen LogP contribution in [0.25, 0.3) is 6.08 Å². The fourth-order valence-corrected chi connectivity index (χ4v) is 4.90. The van der Waals surface area contributed by atoms with Crippen molar-refractivity contribution in [3.8, 4) is 0 Å². The van der Waals surface area contributed by atoms with Gasteiger partial charge in [0.05, 0.1) is 9.78 Å². The Morgan fingerprint density at radius 1 is 0.903 bits per heavy atom. The number of amides is 4. The molecule has 0 atom stereocenters. The predicted octanol–water partition coefficient (Wildman–Crippen LogP) is 4.74. The molecule has 1 aromatic carbocycles. The second kappa shape index (κ2) is 9.29. The summed E-state index contributed by atoms with van der Waals surface area (Å²) in [5.41, 5.74) is 1.07. The van der Waals surface area contributed by atoms with Gasteiger partial charge < -0.3 is 10.6 Å². The van der Waals surface area contributed by atoms with Crippen molar-refractivity contribution in [1.82, 2.24) is 4.90 Å². The molecule has 7 nitrogen and oxygen atoms in total. The number of nitrogens with one attached hydrogen (secondary N) is 2. The van der Waals surface area contributed by atoms with Crippen molar-refractivity contribution in [2.24, 2.45) is 0 Å². The zero-order valence-electron chi connectivity index (χ0n) is 15.9. The first-order valence-electron chi connectivity index (χ1n) is 9.03. The van der Waals surface area contributed by atoms with Gasteiger partial charge in [-0.05, 0) is 65.0 Å². The normalized spacial score (nSPS) is 14.8. The molecule has 4 amide bonds. The smallest absolute Gasteiger partial charge is 0.294 e. The molecule has 31 heavy (non-hydrogen) atoms. The number of thioether (sulfide) groups is 1. The summed E-state index contributed by atoms with van der Waals surface area (Å²) in [7, 11) is 0.